The van der Waals surface area contributed by atoms with Gasteiger partial charge in [-0.3, -0.25) is 0 Å². The molecule has 8 aromatic carbocycles. The summed E-state index contributed by atoms with van der Waals surface area (Å²) in [5, 5.41) is 6.01. The first kappa shape index (κ1) is 31.2. The number of rotatable bonds is 5. The average molecular weight is 703 g/mol. The Morgan fingerprint density at radius 3 is 1.42 bits per heavy atom. The van der Waals surface area contributed by atoms with Crippen LogP contribution in [0.25, 0.3) is 99.7 Å². The summed E-state index contributed by atoms with van der Waals surface area (Å²) in [5.41, 5.74) is 14.6. The first-order chi connectivity index (χ1) is 27.2. The Morgan fingerprint density at radius 2 is 0.818 bits per heavy atom. The maximum atomic E-state index is 5.11. The number of aryl methyl sites for hydroxylation is 1. The zero-order valence-electron chi connectivity index (χ0n) is 30.2. The van der Waals surface area contributed by atoms with Crippen LogP contribution in [0.4, 0.5) is 0 Å². The molecule has 11 rings (SSSR count). The van der Waals surface area contributed by atoms with Gasteiger partial charge in [-0.2, -0.15) is 0 Å². The highest BCUT2D eigenvalue weighted by Gasteiger charge is 2.17. The largest absolute Gasteiger partial charge is 0.309 e. The number of nitrogens with zero attached hydrogens (tertiary/aromatic N) is 4. The van der Waals surface area contributed by atoms with E-state index >= 15 is 0 Å². The summed E-state index contributed by atoms with van der Waals surface area (Å²) in [5.74, 6) is 0.718. The molecule has 258 valence electrons. The Labute approximate surface area is 318 Å². The standard InChI is InChI=1S/C51H34N4/c1-33-19-25-38(26-20-33)54-46-17-9-6-13-40(46)43-31-36(23-29-48(43)54)37-24-30-49-44(32-37)41-14-7-10-18-47(41)55(49)39-27-21-35(22-28-39)51-52-45-16-8-5-15-42(45)50(53-51)34-11-3-2-4-12-34/h2-32H,1H3. The summed E-state index contributed by atoms with van der Waals surface area (Å²) in [6.45, 7) is 2.13. The van der Waals surface area contributed by atoms with Crippen LogP contribution in [-0.2, 0) is 0 Å². The Kier molecular flexibility index (Phi) is 7.04. The SMILES string of the molecule is Cc1ccc(-n2c3ccccc3c3cc(-c4ccc5c(c4)c4ccccc4n5-c4ccc(-c5nc(-c6ccccc6)c6ccccc6n5)cc4)ccc32)cc1. The molecule has 0 radical (unpaired) electrons. The predicted molar refractivity (Wildman–Crippen MR) is 229 cm³/mol. The Balaban J connectivity index is 1.01. The van der Waals surface area contributed by atoms with Crippen LogP contribution in [0.3, 0.4) is 0 Å². The zero-order valence-corrected chi connectivity index (χ0v) is 30.2. The minimum Gasteiger partial charge on any atom is -0.309 e. The molecule has 0 unspecified atom stereocenters. The highest BCUT2D eigenvalue weighted by molar-refractivity contribution is 6.12. The van der Waals surface area contributed by atoms with Gasteiger partial charge in [-0.05, 0) is 96.9 Å². The van der Waals surface area contributed by atoms with Crippen LogP contribution >= 0.6 is 0 Å². The predicted octanol–water partition coefficient (Wildman–Crippen LogP) is 13.1. The molecule has 0 spiro atoms. The van der Waals surface area contributed by atoms with Crippen molar-refractivity contribution in [3.63, 3.8) is 0 Å². The van der Waals surface area contributed by atoms with E-state index in [0.717, 1.165) is 39.2 Å². The van der Waals surface area contributed by atoms with Crippen molar-refractivity contribution in [2.24, 2.45) is 0 Å². The van der Waals surface area contributed by atoms with E-state index in [1.807, 2.05) is 18.2 Å². The summed E-state index contributed by atoms with van der Waals surface area (Å²) < 4.78 is 4.75. The van der Waals surface area contributed by atoms with Gasteiger partial charge >= 0.3 is 0 Å². The lowest BCUT2D eigenvalue weighted by molar-refractivity contribution is 1.17. The maximum absolute atomic E-state index is 5.11. The molecule has 0 aliphatic heterocycles. The zero-order chi connectivity index (χ0) is 36.5. The van der Waals surface area contributed by atoms with Crippen LogP contribution in [0.1, 0.15) is 5.56 Å². The molecule has 0 saturated heterocycles. The first-order valence-corrected chi connectivity index (χ1v) is 18.7. The van der Waals surface area contributed by atoms with Crippen molar-refractivity contribution in [3.05, 3.63) is 194 Å². The number of para-hydroxylation sites is 3. The van der Waals surface area contributed by atoms with E-state index in [1.54, 1.807) is 0 Å². The minimum absolute atomic E-state index is 0.718. The fraction of sp³-hybridized carbons (Fsp3) is 0.0196. The molecule has 55 heavy (non-hydrogen) atoms. The van der Waals surface area contributed by atoms with Crippen LogP contribution in [0.5, 0.6) is 0 Å². The second kappa shape index (κ2) is 12.4. The van der Waals surface area contributed by atoms with E-state index in [9.17, 15) is 0 Å². The second-order valence-corrected chi connectivity index (χ2v) is 14.3. The van der Waals surface area contributed by atoms with Crippen molar-refractivity contribution < 1.29 is 0 Å². The molecule has 0 amide bonds. The third kappa shape index (κ3) is 5.07. The number of benzene rings is 8. The van der Waals surface area contributed by atoms with Crippen molar-refractivity contribution in [1.29, 1.82) is 0 Å². The second-order valence-electron chi connectivity index (χ2n) is 14.3. The molecule has 0 fully saturated rings. The van der Waals surface area contributed by atoms with Crippen molar-refractivity contribution in [2.45, 2.75) is 6.92 Å². The van der Waals surface area contributed by atoms with Crippen LogP contribution < -0.4 is 0 Å². The minimum atomic E-state index is 0.718. The van der Waals surface area contributed by atoms with Crippen molar-refractivity contribution in [2.75, 3.05) is 0 Å². The maximum Gasteiger partial charge on any atom is 0.160 e. The lowest BCUT2D eigenvalue weighted by Crippen LogP contribution is -1.97. The van der Waals surface area contributed by atoms with Crippen LogP contribution in [0.15, 0.2) is 188 Å². The molecule has 4 heteroatoms. The molecule has 0 bridgehead atoms. The highest BCUT2D eigenvalue weighted by atomic mass is 15.0. The molecule has 4 nitrogen and oxygen atoms in total. The van der Waals surface area contributed by atoms with E-state index < -0.39 is 0 Å². The normalized spacial score (nSPS) is 11.7. The molecule has 0 saturated carbocycles. The summed E-state index contributed by atoms with van der Waals surface area (Å²) in [6.07, 6.45) is 0. The third-order valence-corrected chi connectivity index (χ3v) is 11.0. The van der Waals surface area contributed by atoms with Gasteiger partial charge in [0.2, 0.25) is 0 Å². The number of hydrogen-bond donors (Lipinski definition) is 0. The van der Waals surface area contributed by atoms with E-state index in [2.05, 4.69) is 186 Å². The highest BCUT2D eigenvalue weighted by Crippen LogP contribution is 2.39. The van der Waals surface area contributed by atoms with Crippen LogP contribution in [-0.4, -0.2) is 19.1 Å². The molecule has 11 aromatic rings. The van der Waals surface area contributed by atoms with Gasteiger partial charge < -0.3 is 9.13 Å². The topological polar surface area (TPSA) is 35.6 Å². The van der Waals surface area contributed by atoms with Crippen LogP contribution in [0.2, 0.25) is 0 Å². The van der Waals surface area contributed by atoms with E-state index in [1.165, 1.54) is 66.0 Å². The van der Waals surface area contributed by atoms with Gasteiger partial charge in [0.1, 0.15) is 0 Å². The van der Waals surface area contributed by atoms with Gasteiger partial charge in [0.15, 0.2) is 5.82 Å². The van der Waals surface area contributed by atoms with Gasteiger partial charge in [0.25, 0.3) is 0 Å². The molecular formula is C51H34N4. The monoisotopic (exact) mass is 702 g/mol. The van der Waals surface area contributed by atoms with Crippen LogP contribution in [0, 0.1) is 6.92 Å². The van der Waals surface area contributed by atoms with E-state index in [0.29, 0.717) is 0 Å². The molecule has 0 N–H and O–H groups in total. The van der Waals surface area contributed by atoms with Gasteiger partial charge in [0.05, 0.1) is 33.3 Å². The number of fused-ring (bicyclic) bond motifs is 7. The van der Waals surface area contributed by atoms with Gasteiger partial charge in [-0.15, -0.1) is 0 Å². The third-order valence-electron chi connectivity index (χ3n) is 11.0. The molecule has 0 atom stereocenters. The Morgan fingerprint density at radius 1 is 0.345 bits per heavy atom. The van der Waals surface area contributed by atoms with Crippen molar-refractivity contribution >= 4 is 54.5 Å². The summed E-state index contributed by atoms with van der Waals surface area (Å²) >= 11 is 0. The lowest BCUT2D eigenvalue weighted by Gasteiger charge is -2.11. The van der Waals surface area contributed by atoms with Gasteiger partial charge in [-0.25, -0.2) is 9.97 Å². The molecule has 0 aliphatic carbocycles. The van der Waals surface area contributed by atoms with E-state index in [4.69, 9.17) is 9.97 Å². The van der Waals surface area contributed by atoms with Crippen molar-refractivity contribution in [1.82, 2.24) is 19.1 Å². The summed E-state index contributed by atoms with van der Waals surface area (Å²) in [7, 11) is 0. The Bertz CT molecular complexity index is 3240. The fourth-order valence-corrected chi connectivity index (χ4v) is 8.34. The quantitative estimate of drug-likeness (QED) is 0.179. The van der Waals surface area contributed by atoms with Gasteiger partial charge in [0, 0.05) is 49.4 Å². The summed E-state index contributed by atoms with van der Waals surface area (Å²) in [4.78, 5) is 10.1. The smallest absolute Gasteiger partial charge is 0.160 e. The lowest BCUT2D eigenvalue weighted by atomic mass is 10.0. The average Bonchev–Trinajstić information content (AvgIpc) is 3.76. The molecule has 3 aromatic heterocycles. The van der Waals surface area contributed by atoms with Crippen molar-refractivity contribution in [3.8, 4) is 45.1 Å². The van der Waals surface area contributed by atoms with Gasteiger partial charge in [-0.1, -0.05) is 115 Å². The first-order valence-electron chi connectivity index (χ1n) is 18.7. The molecule has 0 aliphatic rings. The Hall–Kier alpha value is -7.30. The van der Waals surface area contributed by atoms with E-state index in [-0.39, 0.29) is 0 Å². The number of hydrogen-bond acceptors (Lipinski definition) is 2. The summed E-state index contributed by atoms with van der Waals surface area (Å²) in [6, 6.07) is 67.3. The molecule has 3 heterocycles. The number of aromatic nitrogens is 4. The molecular weight excluding hydrogens is 669 g/mol. The fourth-order valence-electron chi connectivity index (χ4n) is 8.34.